The van der Waals surface area contributed by atoms with Crippen molar-refractivity contribution in [2.45, 2.75) is 13.3 Å². The summed E-state index contributed by atoms with van der Waals surface area (Å²) in [6.45, 7) is 2.67. The predicted octanol–water partition coefficient (Wildman–Crippen LogP) is 2.85. The summed E-state index contributed by atoms with van der Waals surface area (Å²) >= 11 is 0. The number of benzene rings is 1. The van der Waals surface area contributed by atoms with Gasteiger partial charge in [-0.15, -0.1) is 0 Å². The molecule has 0 aliphatic carbocycles. The lowest BCUT2D eigenvalue weighted by molar-refractivity contribution is 0.318. The van der Waals surface area contributed by atoms with Gasteiger partial charge in [-0.25, -0.2) is 4.98 Å². The smallest absolute Gasteiger partial charge is 0.119 e. The summed E-state index contributed by atoms with van der Waals surface area (Å²) in [6.07, 6.45) is 4.53. The first kappa shape index (κ1) is 12.5. The van der Waals surface area contributed by atoms with Crippen LogP contribution in [0.3, 0.4) is 0 Å². The number of aryl methyl sites for hydroxylation is 1. The van der Waals surface area contributed by atoms with E-state index in [0.29, 0.717) is 6.61 Å². The minimum atomic E-state index is 0.604. The van der Waals surface area contributed by atoms with E-state index in [9.17, 15) is 0 Å². The maximum atomic E-state index is 5.76. The molecule has 3 rings (SSSR count). The number of fused-ring (bicyclic) bond motifs is 1. The van der Waals surface area contributed by atoms with E-state index in [1.165, 1.54) is 5.56 Å². The van der Waals surface area contributed by atoms with E-state index in [1.807, 2.05) is 53.2 Å². The standard InChI is InChI=1S/C16H17N3O/c1-12-2-4-15(5-3-12)20-9-7-16-18-11-14-10-13(17)6-8-19(14)16/h2-6,8,10-11H,7,9,17H2,1H3. The van der Waals surface area contributed by atoms with Gasteiger partial charge < -0.3 is 14.9 Å². The number of hydrogen-bond donors (Lipinski definition) is 1. The number of ether oxygens (including phenoxy) is 1. The molecule has 0 saturated heterocycles. The molecule has 4 heteroatoms. The third kappa shape index (κ3) is 2.59. The van der Waals surface area contributed by atoms with Crippen molar-refractivity contribution in [3.63, 3.8) is 0 Å². The lowest BCUT2D eigenvalue weighted by Crippen LogP contribution is -2.05. The van der Waals surface area contributed by atoms with Gasteiger partial charge >= 0.3 is 0 Å². The summed E-state index contributed by atoms with van der Waals surface area (Å²) in [5, 5.41) is 0. The molecule has 102 valence electrons. The van der Waals surface area contributed by atoms with Gasteiger partial charge in [0.25, 0.3) is 0 Å². The van der Waals surface area contributed by atoms with Crippen LogP contribution in [0.2, 0.25) is 0 Å². The maximum absolute atomic E-state index is 5.76. The number of rotatable bonds is 4. The Balaban J connectivity index is 1.66. The highest BCUT2D eigenvalue weighted by Gasteiger charge is 2.04. The molecule has 0 radical (unpaired) electrons. The third-order valence-electron chi connectivity index (χ3n) is 3.25. The molecule has 2 aromatic heterocycles. The van der Waals surface area contributed by atoms with Crippen molar-refractivity contribution in [3.05, 3.63) is 60.2 Å². The van der Waals surface area contributed by atoms with Crippen LogP contribution in [0.4, 0.5) is 5.69 Å². The quantitative estimate of drug-likeness (QED) is 0.790. The molecule has 0 atom stereocenters. The van der Waals surface area contributed by atoms with Crippen LogP contribution in [0.5, 0.6) is 5.75 Å². The Hall–Kier alpha value is -2.49. The first-order valence-corrected chi connectivity index (χ1v) is 6.63. The summed E-state index contributed by atoms with van der Waals surface area (Å²) in [6, 6.07) is 11.8. The molecule has 4 nitrogen and oxygen atoms in total. The number of nitrogen functional groups attached to an aromatic ring is 1. The highest BCUT2D eigenvalue weighted by atomic mass is 16.5. The van der Waals surface area contributed by atoms with Crippen LogP contribution < -0.4 is 10.5 Å². The molecule has 0 unspecified atom stereocenters. The second-order valence-corrected chi connectivity index (χ2v) is 4.84. The summed E-state index contributed by atoms with van der Waals surface area (Å²) in [7, 11) is 0. The van der Waals surface area contributed by atoms with Crippen molar-refractivity contribution < 1.29 is 4.74 Å². The van der Waals surface area contributed by atoms with Gasteiger partial charge in [-0.3, -0.25) is 0 Å². The van der Waals surface area contributed by atoms with Gasteiger partial charge in [0.05, 0.1) is 18.3 Å². The predicted molar refractivity (Wildman–Crippen MR) is 80.0 cm³/mol. The lowest BCUT2D eigenvalue weighted by atomic mass is 10.2. The molecule has 20 heavy (non-hydrogen) atoms. The molecule has 2 heterocycles. The molecular weight excluding hydrogens is 250 g/mol. The van der Waals surface area contributed by atoms with Crippen molar-refractivity contribution in [2.75, 3.05) is 12.3 Å². The Kier molecular flexibility index (Phi) is 3.29. The zero-order chi connectivity index (χ0) is 13.9. The second-order valence-electron chi connectivity index (χ2n) is 4.84. The van der Waals surface area contributed by atoms with E-state index < -0.39 is 0 Å². The van der Waals surface area contributed by atoms with Gasteiger partial charge in [-0.1, -0.05) is 17.7 Å². The second kappa shape index (κ2) is 5.25. The van der Waals surface area contributed by atoms with E-state index in [1.54, 1.807) is 0 Å². The van der Waals surface area contributed by atoms with Crippen LogP contribution in [0, 0.1) is 6.92 Å². The molecule has 0 bridgehead atoms. The molecule has 0 aliphatic heterocycles. The largest absolute Gasteiger partial charge is 0.493 e. The Bertz CT molecular complexity index is 716. The summed E-state index contributed by atoms with van der Waals surface area (Å²) in [5.74, 6) is 1.87. The van der Waals surface area contributed by atoms with Gasteiger partial charge in [0.1, 0.15) is 11.6 Å². The minimum absolute atomic E-state index is 0.604. The fourth-order valence-corrected chi connectivity index (χ4v) is 2.15. The van der Waals surface area contributed by atoms with Crippen LogP contribution in [-0.2, 0) is 6.42 Å². The first-order valence-electron chi connectivity index (χ1n) is 6.63. The van der Waals surface area contributed by atoms with E-state index >= 15 is 0 Å². The van der Waals surface area contributed by atoms with Gasteiger partial charge in [-0.05, 0) is 31.2 Å². The average Bonchev–Trinajstić information content (AvgIpc) is 2.83. The normalized spacial score (nSPS) is 10.8. The van der Waals surface area contributed by atoms with Gasteiger partial charge in [0, 0.05) is 18.3 Å². The Morgan fingerprint density at radius 3 is 2.80 bits per heavy atom. The highest BCUT2D eigenvalue weighted by molar-refractivity contribution is 5.55. The molecule has 0 saturated carbocycles. The van der Waals surface area contributed by atoms with E-state index in [-0.39, 0.29) is 0 Å². The topological polar surface area (TPSA) is 52.5 Å². The van der Waals surface area contributed by atoms with E-state index in [2.05, 4.69) is 11.9 Å². The van der Waals surface area contributed by atoms with Crippen LogP contribution in [0.25, 0.3) is 5.52 Å². The van der Waals surface area contributed by atoms with Crippen molar-refractivity contribution in [3.8, 4) is 5.75 Å². The Morgan fingerprint density at radius 1 is 1.20 bits per heavy atom. The van der Waals surface area contributed by atoms with Crippen LogP contribution in [0.1, 0.15) is 11.4 Å². The summed E-state index contributed by atoms with van der Waals surface area (Å²) < 4.78 is 7.77. The first-order chi connectivity index (χ1) is 9.72. The van der Waals surface area contributed by atoms with Gasteiger partial charge in [-0.2, -0.15) is 0 Å². The Labute approximate surface area is 117 Å². The zero-order valence-electron chi connectivity index (χ0n) is 11.4. The number of nitrogens with zero attached hydrogens (tertiary/aromatic N) is 2. The Morgan fingerprint density at radius 2 is 2.00 bits per heavy atom. The van der Waals surface area contributed by atoms with E-state index in [4.69, 9.17) is 10.5 Å². The molecule has 0 spiro atoms. The van der Waals surface area contributed by atoms with Gasteiger partial charge in [0.15, 0.2) is 0 Å². The number of anilines is 1. The van der Waals surface area contributed by atoms with Crippen LogP contribution >= 0.6 is 0 Å². The van der Waals surface area contributed by atoms with Crippen molar-refractivity contribution in [1.29, 1.82) is 0 Å². The number of aromatic nitrogens is 2. The molecule has 2 N–H and O–H groups in total. The van der Waals surface area contributed by atoms with E-state index in [0.717, 1.165) is 29.2 Å². The molecular formula is C16H17N3O. The molecule has 0 amide bonds. The third-order valence-corrected chi connectivity index (χ3v) is 3.25. The minimum Gasteiger partial charge on any atom is -0.493 e. The molecule has 1 aromatic carbocycles. The highest BCUT2D eigenvalue weighted by Crippen LogP contribution is 2.14. The van der Waals surface area contributed by atoms with Crippen molar-refractivity contribution >= 4 is 11.2 Å². The zero-order valence-corrected chi connectivity index (χ0v) is 11.4. The molecule has 3 aromatic rings. The fraction of sp³-hybridized carbons (Fsp3) is 0.188. The number of pyridine rings is 1. The van der Waals surface area contributed by atoms with Crippen molar-refractivity contribution in [2.24, 2.45) is 0 Å². The monoisotopic (exact) mass is 267 g/mol. The summed E-state index contributed by atoms with van der Waals surface area (Å²) in [5.41, 5.74) is 8.75. The van der Waals surface area contributed by atoms with Crippen molar-refractivity contribution in [1.82, 2.24) is 9.38 Å². The SMILES string of the molecule is Cc1ccc(OCCc2ncc3cc(N)ccn23)cc1. The molecule has 0 aliphatic rings. The maximum Gasteiger partial charge on any atom is 0.119 e. The average molecular weight is 267 g/mol. The molecule has 0 fully saturated rings. The number of hydrogen-bond acceptors (Lipinski definition) is 3. The number of nitrogens with two attached hydrogens (primary N) is 1. The van der Waals surface area contributed by atoms with Crippen LogP contribution in [-0.4, -0.2) is 16.0 Å². The van der Waals surface area contributed by atoms with Crippen LogP contribution in [0.15, 0.2) is 48.8 Å². The number of imidazole rings is 1. The van der Waals surface area contributed by atoms with Gasteiger partial charge in [0.2, 0.25) is 0 Å². The lowest BCUT2D eigenvalue weighted by Gasteiger charge is -2.06. The fourth-order valence-electron chi connectivity index (χ4n) is 2.15. The summed E-state index contributed by atoms with van der Waals surface area (Å²) in [4.78, 5) is 4.41.